The van der Waals surface area contributed by atoms with Gasteiger partial charge in [0.25, 0.3) is 0 Å². The quantitative estimate of drug-likeness (QED) is 0.743. The van der Waals surface area contributed by atoms with Crippen LogP contribution in [0.5, 0.6) is 5.75 Å². The van der Waals surface area contributed by atoms with Gasteiger partial charge in [-0.2, -0.15) is 10.1 Å². The van der Waals surface area contributed by atoms with Crippen LogP contribution in [0.3, 0.4) is 0 Å². The highest BCUT2D eigenvalue weighted by Gasteiger charge is 2.10. The molecule has 1 aliphatic heterocycles. The first-order valence-corrected chi connectivity index (χ1v) is 8.97. The zero-order chi connectivity index (χ0) is 18.2. The van der Waals surface area contributed by atoms with Gasteiger partial charge in [0, 0.05) is 26.2 Å². The van der Waals surface area contributed by atoms with Crippen LogP contribution in [-0.4, -0.2) is 65.6 Å². The molecule has 3 rings (SSSR count). The predicted molar refractivity (Wildman–Crippen MR) is 101 cm³/mol. The average molecular weight is 358 g/mol. The number of aromatic nitrogens is 3. The van der Waals surface area contributed by atoms with Crippen LogP contribution in [0, 0.1) is 0 Å². The van der Waals surface area contributed by atoms with E-state index >= 15 is 0 Å². The monoisotopic (exact) mass is 358 g/mol. The zero-order valence-corrected chi connectivity index (χ0v) is 15.3. The van der Waals surface area contributed by atoms with Gasteiger partial charge in [0.05, 0.1) is 31.2 Å². The molecule has 1 aromatic heterocycles. The highest BCUT2D eigenvalue weighted by Crippen LogP contribution is 2.27. The standard InChI is InChI=1S/C18H26N6O2/c1-14(2)26-16-6-4-3-5-15(16)21-17-13-20-23-18(22-17)19-7-8-24-9-11-25-12-10-24/h3-6,13-14H,7-12H2,1-2H3,(H2,19,21,22,23). The minimum Gasteiger partial charge on any atom is -0.489 e. The Labute approximate surface area is 153 Å². The molecule has 0 radical (unpaired) electrons. The summed E-state index contributed by atoms with van der Waals surface area (Å²) in [6, 6.07) is 7.77. The largest absolute Gasteiger partial charge is 0.489 e. The van der Waals surface area contributed by atoms with E-state index in [0.29, 0.717) is 11.8 Å². The molecule has 2 heterocycles. The van der Waals surface area contributed by atoms with Gasteiger partial charge < -0.3 is 20.1 Å². The first-order valence-electron chi connectivity index (χ1n) is 8.97. The van der Waals surface area contributed by atoms with E-state index in [2.05, 4.69) is 30.7 Å². The third kappa shape index (κ3) is 5.53. The molecule has 2 aromatic rings. The highest BCUT2D eigenvalue weighted by atomic mass is 16.5. The lowest BCUT2D eigenvalue weighted by molar-refractivity contribution is 0.0398. The molecule has 1 saturated heterocycles. The Morgan fingerprint density at radius 1 is 1.23 bits per heavy atom. The van der Waals surface area contributed by atoms with Crippen LogP contribution in [0.1, 0.15) is 13.8 Å². The number of nitrogens with one attached hydrogen (secondary N) is 2. The summed E-state index contributed by atoms with van der Waals surface area (Å²) in [5.74, 6) is 1.90. The fourth-order valence-electron chi connectivity index (χ4n) is 2.65. The van der Waals surface area contributed by atoms with Gasteiger partial charge in [-0.1, -0.05) is 12.1 Å². The van der Waals surface area contributed by atoms with E-state index in [1.54, 1.807) is 6.20 Å². The molecular formula is C18H26N6O2. The van der Waals surface area contributed by atoms with E-state index in [1.807, 2.05) is 38.1 Å². The van der Waals surface area contributed by atoms with Crippen molar-refractivity contribution in [3.8, 4) is 5.75 Å². The molecule has 2 N–H and O–H groups in total. The Kier molecular flexibility index (Phi) is 6.56. The molecule has 1 aliphatic rings. The number of nitrogens with zero attached hydrogens (tertiary/aromatic N) is 4. The Hall–Kier alpha value is -2.45. The van der Waals surface area contributed by atoms with Crippen molar-refractivity contribution in [2.75, 3.05) is 50.0 Å². The van der Waals surface area contributed by atoms with Gasteiger partial charge in [-0.3, -0.25) is 4.90 Å². The summed E-state index contributed by atoms with van der Waals surface area (Å²) in [5.41, 5.74) is 0.848. The third-order valence-electron chi connectivity index (χ3n) is 3.89. The molecular weight excluding hydrogens is 332 g/mol. The average Bonchev–Trinajstić information content (AvgIpc) is 2.64. The van der Waals surface area contributed by atoms with Gasteiger partial charge in [-0.15, -0.1) is 5.10 Å². The summed E-state index contributed by atoms with van der Waals surface area (Å²) in [6.07, 6.45) is 1.69. The first-order chi connectivity index (χ1) is 12.7. The second kappa shape index (κ2) is 9.30. The summed E-state index contributed by atoms with van der Waals surface area (Å²) in [7, 11) is 0. The van der Waals surface area contributed by atoms with Gasteiger partial charge in [-0.25, -0.2) is 0 Å². The smallest absolute Gasteiger partial charge is 0.244 e. The van der Waals surface area contributed by atoms with Gasteiger partial charge >= 0.3 is 0 Å². The minimum atomic E-state index is 0.0962. The van der Waals surface area contributed by atoms with Gasteiger partial charge in [0.15, 0.2) is 5.82 Å². The Morgan fingerprint density at radius 3 is 2.85 bits per heavy atom. The molecule has 0 atom stereocenters. The topological polar surface area (TPSA) is 84.4 Å². The molecule has 0 aliphatic carbocycles. The second-order valence-corrected chi connectivity index (χ2v) is 6.33. The number of hydrogen-bond acceptors (Lipinski definition) is 8. The van der Waals surface area contributed by atoms with Crippen molar-refractivity contribution in [2.45, 2.75) is 20.0 Å². The number of hydrogen-bond donors (Lipinski definition) is 2. The Morgan fingerprint density at radius 2 is 2.04 bits per heavy atom. The summed E-state index contributed by atoms with van der Waals surface area (Å²) in [4.78, 5) is 6.83. The second-order valence-electron chi connectivity index (χ2n) is 6.33. The van der Waals surface area contributed by atoms with E-state index in [1.165, 1.54) is 0 Å². The fourth-order valence-corrected chi connectivity index (χ4v) is 2.65. The van der Waals surface area contributed by atoms with Gasteiger partial charge in [0.2, 0.25) is 5.95 Å². The van der Waals surface area contributed by atoms with Gasteiger partial charge in [-0.05, 0) is 26.0 Å². The number of anilines is 3. The number of benzene rings is 1. The molecule has 140 valence electrons. The van der Waals surface area contributed by atoms with Crippen molar-refractivity contribution >= 4 is 17.5 Å². The zero-order valence-electron chi connectivity index (χ0n) is 15.3. The third-order valence-corrected chi connectivity index (χ3v) is 3.89. The van der Waals surface area contributed by atoms with E-state index in [-0.39, 0.29) is 6.10 Å². The molecule has 0 saturated carbocycles. The molecule has 1 aromatic carbocycles. The summed E-state index contributed by atoms with van der Waals surface area (Å²) in [6.45, 7) is 9.22. The lowest BCUT2D eigenvalue weighted by Gasteiger charge is -2.26. The molecule has 8 nitrogen and oxygen atoms in total. The highest BCUT2D eigenvalue weighted by molar-refractivity contribution is 5.64. The van der Waals surface area contributed by atoms with Crippen LogP contribution < -0.4 is 15.4 Å². The molecule has 0 unspecified atom stereocenters. The molecule has 26 heavy (non-hydrogen) atoms. The lowest BCUT2D eigenvalue weighted by Crippen LogP contribution is -2.39. The number of rotatable bonds is 8. The SMILES string of the molecule is CC(C)Oc1ccccc1Nc1cnnc(NCCN2CCOCC2)n1. The van der Waals surface area contributed by atoms with Crippen molar-refractivity contribution in [2.24, 2.45) is 0 Å². The van der Waals surface area contributed by atoms with Crippen LogP contribution in [0.2, 0.25) is 0 Å². The molecule has 8 heteroatoms. The maximum Gasteiger partial charge on any atom is 0.244 e. The van der Waals surface area contributed by atoms with Crippen LogP contribution in [0.4, 0.5) is 17.5 Å². The lowest BCUT2D eigenvalue weighted by atomic mass is 10.3. The number of morpholine rings is 1. The summed E-state index contributed by atoms with van der Waals surface area (Å²) >= 11 is 0. The Bertz CT molecular complexity index is 691. The van der Waals surface area contributed by atoms with Crippen molar-refractivity contribution in [3.05, 3.63) is 30.5 Å². The molecule has 0 bridgehead atoms. The summed E-state index contributed by atoms with van der Waals surface area (Å²) in [5, 5.41) is 14.6. The van der Waals surface area contributed by atoms with Crippen LogP contribution in [-0.2, 0) is 4.74 Å². The van der Waals surface area contributed by atoms with E-state index in [9.17, 15) is 0 Å². The van der Waals surface area contributed by atoms with Crippen molar-refractivity contribution < 1.29 is 9.47 Å². The van der Waals surface area contributed by atoms with E-state index in [4.69, 9.17) is 9.47 Å². The minimum absolute atomic E-state index is 0.0962. The normalized spacial score (nSPS) is 15.0. The van der Waals surface area contributed by atoms with Crippen LogP contribution in [0.25, 0.3) is 0 Å². The van der Waals surface area contributed by atoms with E-state index in [0.717, 1.165) is 50.8 Å². The first kappa shape index (κ1) is 18.3. The van der Waals surface area contributed by atoms with Crippen molar-refractivity contribution in [1.82, 2.24) is 20.1 Å². The maximum absolute atomic E-state index is 5.82. The predicted octanol–water partition coefficient (Wildman–Crippen LogP) is 2.15. The molecule has 0 amide bonds. The summed E-state index contributed by atoms with van der Waals surface area (Å²) < 4.78 is 11.2. The van der Waals surface area contributed by atoms with Crippen LogP contribution in [0.15, 0.2) is 30.5 Å². The Balaban J connectivity index is 1.57. The van der Waals surface area contributed by atoms with Crippen LogP contribution >= 0.6 is 0 Å². The number of ether oxygens (including phenoxy) is 2. The van der Waals surface area contributed by atoms with Crippen molar-refractivity contribution in [3.63, 3.8) is 0 Å². The van der Waals surface area contributed by atoms with E-state index < -0.39 is 0 Å². The molecule has 0 spiro atoms. The maximum atomic E-state index is 5.82. The fraction of sp³-hybridized carbons (Fsp3) is 0.500. The number of para-hydroxylation sites is 2. The van der Waals surface area contributed by atoms with Gasteiger partial charge in [0.1, 0.15) is 5.75 Å². The van der Waals surface area contributed by atoms with Crippen molar-refractivity contribution in [1.29, 1.82) is 0 Å². The molecule has 1 fully saturated rings.